The number of likely N-dealkylation sites (tertiary alicyclic amines) is 1. The fourth-order valence-corrected chi connectivity index (χ4v) is 3.06. The first-order chi connectivity index (χ1) is 8.74. The summed E-state index contributed by atoms with van der Waals surface area (Å²) in [7, 11) is 1.64. The molecule has 2 rings (SSSR count). The molecular weight excluding hydrogens is 294 g/mol. The Morgan fingerprint density at radius 3 is 3.11 bits per heavy atom. The molecule has 1 aromatic rings. The number of rotatable bonds is 4. The topological polar surface area (TPSA) is 29.5 Å². The Bertz CT molecular complexity index is 422. The molecule has 1 aromatic carbocycles. The van der Waals surface area contributed by atoms with Gasteiger partial charge in [-0.05, 0) is 30.5 Å². The first kappa shape index (κ1) is 13.4. The third-order valence-electron chi connectivity index (χ3n) is 3.37. The number of benzene rings is 1. The van der Waals surface area contributed by atoms with Crippen LogP contribution in [0, 0.1) is 0 Å². The summed E-state index contributed by atoms with van der Waals surface area (Å²) in [5, 5.41) is 0.872. The van der Waals surface area contributed by atoms with E-state index in [4.69, 9.17) is 4.74 Å². The van der Waals surface area contributed by atoms with Crippen molar-refractivity contribution in [3.05, 3.63) is 29.8 Å². The molecule has 98 valence electrons. The summed E-state index contributed by atoms with van der Waals surface area (Å²) < 4.78 is 5.17. The maximum absolute atomic E-state index is 12.2. The van der Waals surface area contributed by atoms with Crippen molar-refractivity contribution in [2.75, 3.05) is 19.0 Å². The van der Waals surface area contributed by atoms with Crippen LogP contribution in [0.1, 0.15) is 18.4 Å². The summed E-state index contributed by atoms with van der Waals surface area (Å²) in [6.07, 6.45) is 2.68. The van der Waals surface area contributed by atoms with E-state index in [1.54, 1.807) is 7.11 Å². The van der Waals surface area contributed by atoms with Crippen LogP contribution < -0.4 is 4.74 Å². The van der Waals surface area contributed by atoms with Crippen molar-refractivity contribution < 1.29 is 9.53 Å². The van der Waals surface area contributed by atoms with Gasteiger partial charge in [0.25, 0.3) is 0 Å². The van der Waals surface area contributed by atoms with Crippen molar-refractivity contribution in [3.8, 4) is 5.75 Å². The minimum atomic E-state index is 0.213. The molecule has 1 saturated heterocycles. The molecule has 18 heavy (non-hydrogen) atoms. The molecule has 1 fully saturated rings. The van der Waals surface area contributed by atoms with Gasteiger partial charge >= 0.3 is 0 Å². The van der Waals surface area contributed by atoms with Crippen molar-refractivity contribution in [1.29, 1.82) is 0 Å². The first-order valence-corrected chi connectivity index (χ1v) is 7.35. The Morgan fingerprint density at radius 1 is 1.56 bits per heavy atom. The van der Waals surface area contributed by atoms with Gasteiger partial charge in [0.05, 0.1) is 13.5 Å². The van der Waals surface area contributed by atoms with Crippen molar-refractivity contribution in [1.82, 2.24) is 4.90 Å². The molecule has 0 radical (unpaired) electrons. The Morgan fingerprint density at radius 2 is 2.39 bits per heavy atom. The van der Waals surface area contributed by atoms with Gasteiger partial charge in [-0.1, -0.05) is 28.1 Å². The molecule has 0 aromatic heterocycles. The minimum Gasteiger partial charge on any atom is -0.497 e. The highest BCUT2D eigenvalue weighted by atomic mass is 79.9. The van der Waals surface area contributed by atoms with E-state index in [2.05, 4.69) is 15.9 Å². The molecule has 3 nitrogen and oxygen atoms in total. The van der Waals surface area contributed by atoms with Gasteiger partial charge in [0.1, 0.15) is 5.75 Å². The van der Waals surface area contributed by atoms with Gasteiger partial charge < -0.3 is 9.64 Å². The predicted molar refractivity (Wildman–Crippen MR) is 75.2 cm³/mol. The number of hydrogen-bond donors (Lipinski definition) is 0. The first-order valence-electron chi connectivity index (χ1n) is 6.23. The molecule has 1 unspecified atom stereocenters. The fraction of sp³-hybridized carbons (Fsp3) is 0.500. The van der Waals surface area contributed by atoms with Gasteiger partial charge in [-0.3, -0.25) is 4.79 Å². The van der Waals surface area contributed by atoms with Gasteiger partial charge in [-0.2, -0.15) is 0 Å². The zero-order valence-corrected chi connectivity index (χ0v) is 12.1. The van der Waals surface area contributed by atoms with Crippen LogP contribution in [0.25, 0.3) is 0 Å². The molecule has 0 bridgehead atoms. The van der Waals surface area contributed by atoms with Gasteiger partial charge in [0.15, 0.2) is 0 Å². The quantitative estimate of drug-likeness (QED) is 0.800. The van der Waals surface area contributed by atoms with Crippen LogP contribution >= 0.6 is 15.9 Å². The largest absolute Gasteiger partial charge is 0.497 e. The lowest BCUT2D eigenvalue weighted by molar-refractivity contribution is -0.130. The molecular formula is C14H18BrNO2. The Balaban J connectivity index is 2.02. The van der Waals surface area contributed by atoms with Crippen LogP contribution in [0.15, 0.2) is 24.3 Å². The molecule has 1 heterocycles. The van der Waals surface area contributed by atoms with Crippen LogP contribution in [0.4, 0.5) is 0 Å². The van der Waals surface area contributed by atoms with Crippen molar-refractivity contribution in [3.63, 3.8) is 0 Å². The van der Waals surface area contributed by atoms with Crippen LogP contribution in [0.3, 0.4) is 0 Å². The maximum atomic E-state index is 12.2. The number of amides is 1. The van der Waals surface area contributed by atoms with E-state index in [1.165, 1.54) is 0 Å². The second kappa shape index (κ2) is 6.23. The second-order valence-corrected chi connectivity index (χ2v) is 5.21. The third kappa shape index (κ3) is 3.05. The van der Waals surface area contributed by atoms with Crippen molar-refractivity contribution in [2.45, 2.75) is 25.3 Å². The lowest BCUT2D eigenvalue weighted by Gasteiger charge is -2.23. The van der Waals surface area contributed by atoms with E-state index >= 15 is 0 Å². The molecule has 1 amide bonds. The smallest absolute Gasteiger partial charge is 0.227 e. The average Bonchev–Trinajstić information content (AvgIpc) is 2.87. The lowest BCUT2D eigenvalue weighted by Crippen LogP contribution is -2.37. The third-order valence-corrected chi connectivity index (χ3v) is 4.11. The summed E-state index contributed by atoms with van der Waals surface area (Å²) in [6.45, 7) is 0.888. The summed E-state index contributed by atoms with van der Waals surface area (Å²) in [4.78, 5) is 14.2. The fourth-order valence-electron chi connectivity index (χ4n) is 2.38. The number of ether oxygens (including phenoxy) is 1. The SMILES string of the molecule is COc1cccc(CC(=O)N2CCCC2CBr)c1. The van der Waals surface area contributed by atoms with Crippen LogP contribution in [-0.2, 0) is 11.2 Å². The number of alkyl halides is 1. The normalized spacial score (nSPS) is 19.0. The summed E-state index contributed by atoms with van der Waals surface area (Å²) in [5.74, 6) is 1.02. The Labute approximate surface area is 116 Å². The summed E-state index contributed by atoms with van der Waals surface area (Å²) in [6, 6.07) is 8.08. The van der Waals surface area contributed by atoms with Gasteiger partial charge in [0, 0.05) is 17.9 Å². The van der Waals surface area contributed by atoms with E-state index in [1.807, 2.05) is 29.2 Å². The van der Waals surface area contributed by atoms with Crippen molar-refractivity contribution in [2.24, 2.45) is 0 Å². The van der Waals surface area contributed by atoms with Crippen molar-refractivity contribution >= 4 is 21.8 Å². The highest BCUT2D eigenvalue weighted by molar-refractivity contribution is 9.09. The van der Waals surface area contributed by atoms with E-state index < -0.39 is 0 Å². The number of carbonyl (C=O) groups is 1. The van der Waals surface area contributed by atoms with E-state index in [0.717, 1.165) is 36.0 Å². The molecule has 0 saturated carbocycles. The van der Waals surface area contributed by atoms with Crippen LogP contribution in [0.5, 0.6) is 5.75 Å². The highest BCUT2D eigenvalue weighted by Gasteiger charge is 2.27. The summed E-state index contributed by atoms with van der Waals surface area (Å²) in [5.41, 5.74) is 1.01. The number of hydrogen-bond acceptors (Lipinski definition) is 2. The lowest BCUT2D eigenvalue weighted by atomic mass is 10.1. The molecule has 0 spiro atoms. The molecule has 1 aliphatic heterocycles. The van der Waals surface area contributed by atoms with Gasteiger partial charge in [-0.15, -0.1) is 0 Å². The van der Waals surface area contributed by atoms with Gasteiger partial charge in [-0.25, -0.2) is 0 Å². The monoisotopic (exact) mass is 311 g/mol. The molecule has 0 N–H and O–H groups in total. The number of carbonyl (C=O) groups excluding carboxylic acids is 1. The van der Waals surface area contributed by atoms with E-state index in [9.17, 15) is 4.79 Å². The Hall–Kier alpha value is -1.03. The number of methoxy groups -OCH3 is 1. The highest BCUT2D eigenvalue weighted by Crippen LogP contribution is 2.21. The molecule has 4 heteroatoms. The molecule has 1 aliphatic rings. The molecule has 1 atom stereocenters. The number of halogens is 1. The Kier molecular flexibility index (Phi) is 4.64. The maximum Gasteiger partial charge on any atom is 0.227 e. The molecule has 0 aliphatic carbocycles. The van der Waals surface area contributed by atoms with Gasteiger partial charge in [0.2, 0.25) is 5.91 Å². The summed E-state index contributed by atoms with van der Waals surface area (Å²) >= 11 is 3.48. The second-order valence-electron chi connectivity index (χ2n) is 4.57. The number of nitrogens with zero attached hydrogens (tertiary/aromatic N) is 1. The minimum absolute atomic E-state index is 0.213. The van der Waals surface area contributed by atoms with Crippen LogP contribution in [-0.4, -0.2) is 35.8 Å². The van der Waals surface area contributed by atoms with E-state index in [-0.39, 0.29) is 5.91 Å². The van der Waals surface area contributed by atoms with Crippen LogP contribution in [0.2, 0.25) is 0 Å². The standard InChI is InChI=1S/C14H18BrNO2/c1-18-13-6-2-4-11(8-13)9-14(17)16-7-3-5-12(16)10-15/h2,4,6,8,12H,3,5,7,9-10H2,1H3. The zero-order chi connectivity index (χ0) is 13.0. The zero-order valence-electron chi connectivity index (χ0n) is 10.6. The predicted octanol–water partition coefficient (Wildman–Crippen LogP) is 2.62. The van der Waals surface area contributed by atoms with E-state index in [0.29, 0.717) is 12.5 Å². The average molecular weight is 312 g/mol.